The van der Waals surface area contributed by atoms with Crippen LogP contribution in [0.1, 0.15) is 23.9 Å². The van der Waals surface area contributed by atoms with Crippen molar-refractivity contribution in [2.45, 2.75) is 18.6 Å². The van der Waals surface area contributed by atoms with Crippen molar-refractivity contribution in [2.75, 3.05) is 20.2 Å². The van der Waals surface area contributed by atoms with E-state index in [0.717, 1.165) is 30.9 Å². The number of methoxy groups -OCH3 is 1. The van der Waals surface area contributed by atoms with Crippen LogP contribution in [0, 0.1) is 5.82 Å². The minimum atomic E-state index is -0.211. The van der Waals surface area contributed by atoms with Crippen LogP contribution in [0.5, 0.6) is 0 Å². The number of hydrogen-bond donors (Lipinski definition) is 1. The molecule has 1 fully saturated rings. The summed E-state index contributed by atoms with van der Waals surface area (Å²) in [6.45, 7) is 1.69. The molecule has 0 spiro atoms. The van der Waals surface area contributed by atoms with Gasteiger partial charge in [-0.3, -0.25) is 4.90 Å². The molecule has 1 aliphatic heterocycles. The molecule has 1 aromatic heterocycles. The fourth-order valence-corrected chi connectivity index (χ4v) is 2.88. The summed E-state index contributed by atoms with van der Waals surface area (Å²) in [4.78, 5) is 9.91. The fraction of sp³-hybridized carbons (Fsp3) is 0.353. The third-order valence-corrected chi connectivity index (χ3v) is 4.05. The number of nitrogens with one attached hydrogen (secondary N) is 1. The van der Waals surface area contributed by atoms with Crippen molar-refractivity contribution in [3.63, 3.8) is 0 Å². The van der Waals surface area contributed by atoms with E-state index < -0.39 is 0 Å². The second kappa shape index (κ2) is 6.85. The van der Waals surface area contributed by atoms with Crippen molar-refractivity contribution in [3.8, 4) is 0 Å². The molecule has 22 heavy (non-hydrogen) atoms. The van der Waals surface area contributed by atoms with Gasteiger partial charge in [0.2, 0.25) is 0 Å². The van der Waals surface area contributed by atoms with Gasteiger partial charge in [-0.25, -0.2) is 9.37 Å². The monoisotopic (exact) mass is 301 g/mol. The standard InChI is InChI=1S/C17H20FN3O/c1-22-15-11-16(17-19-8-9-20-17)21(12-15)10-2-3-13-4-6-14(18)7-5-13/h2-9,15-16H,10-12H2,1H3,(H,19,20)/b3-2+/t15-,16?/m1/s1. The number of imidazole rings is 1. The molecule has 0 radical (unpaired) electrons. The zero-order valence-corrected chi connectivity index (χ0v) is 12.6. The van der Waals surface area contributed by atoms with Crippen molar-refractivity contribution >= 4 is 6.08 Å². The quantitative estimate of drug-likeness (QED) is 0.923. The summed E-state index contributed by atoms with van der Waals surface area (Å²) >= 11 is 0. The van der Waals surface area contributed by atoms with E-state index in [2.05, 4.69) is 20.9 Å². The molecule has 1 aliphatic rings. The highest BCUT2D eigenvalue weighted by Crippen LogP contribution is 2.31. The molecule has 4 nitrogen and oxygen atoms in total. The smallest absolute Gasteiger partial charge is 0.123 e. The van der Waals surface area contributed by atoms with Crippen LogP contribution in [-0.4, -0.2) is 41.2 Å². The van der Waals surface area contributed by atoms with Crippen LogP contribution in [0.4, 0.5) is 4.39 Å². The van der Waals surface area contributed by atoms with Crippen LogP contribution in [0.25, 0.3) is 6.08 Å². The molecule has 1 unspecified atom stereocenters. The topological polar surface area (TPSA) is 41.1 Å². The average Bonchev–Trinajstić information content (AvgIpc) is 3.18. The molecule has 3 rings (SSSR count). The van der Waals surface area contributed by atoms with E-state index in [4.69, 9.17) is 4.74 Å². The highest BCUT2D eigenvalue weighted by molar-refractivity contribution is 5.49. The summed E-state index contributed by atoms with van der Waals surface area (Å²) in [5, 5.41) is 0. The molecule has 5 heteroatoms. The van der Waals surface area contributed by atoms with Gasteiger partial charge in [0.05, 0.1) is 12.1 Å². The molecule has 116 valence electrons. The molecule has 0 aliphatic carbocycles. The minimum Gasteiger partial charge on any atom is -0.380 e. The maximum atomic E-state index is 12.9. The van der Waals surface area contributed by atoms with Crippen LogP contribution in [-0.2, 0) is 4.74 Å². The van der Waals surface area contributed by atoms with Gasteiger partial charge in [-0.1, -0.05) is 24.3 Å². The number of likely N-dealkylation sites (tertiary alicyclic amines) is 1. The molecule has 0 amide bonds. The predicted molar refractivity (Wildman–Crippen MR) is 83.7 cm³/mol. The van der Waals surface area contributed by atoms with Crippen molar-refractivity contribution in [1.29, 1.82) is 0 Å². The summed E-state index contributed by atoms with van der Waals surface area (Å²) in [5.41, 5.74) is 0.999. The van der Waals surface area contributed by atoms with Gasteiger partial charge in [-0.15, -0.1) is 0 Å². The van der Waals surface area contributed by atoms with Gasteiger partial charge >= 0.3 is 0 Å². The van der Waals surface area contributed by atoms with Gasteiger partial charge < -0.3 is 9.72 Å². The van der Waals surface area contributed by atoms with E-state index in [1.54, 1.807) is 25.4 Å². The Hall–Kier alpha value is -1.98. The first kappa shape index (κ1) is 14.9. The second-order valence-electron chi connectivity index (χ2n) is 5.49. The average molecular weight is 301 g/mol. The summed E-state index contributed by atoms with van der Waals surface area (Å²) in [5.74, 6) is 0.771. The van der Waals surface area contributed by atoms with Gasteiger partial charge in [0.25, 0.3) is 0 Å². The summed E-state index contributed by atoms with van der Waals surface area (Å²) < 4.78 is 18.4. The molecular weight excluding hydrogens is 281 g/mol. The SMILES string of the molecule is CO[C@@H]1CC(c2ncc[nH]2)N(C/C=C/c2ccc(F)cc2)C1. The van der Waals surface area contributed by atoms with E-state index >= 15 is 0 Å². The highest BCUT2D eigenvalue weighted by atomic mass is 19.1. The summed E-state index contributed by atoms with van der Waals surface area (Å²) in [7, 11) is 1.75. The molecule has 0 bridgehead atoms. The van der Waals surface area contributed by atoms with E-state index in [9.17, 15) is 4.39 Å². The number of benzene rings is 1. The zero-order valence-electron chi connectivity index (χ0n) is 12.6. The van der Waals surface area contributed by atoms with Gasteiger partial charge in [0, 0.05) is 32.6 Å². The zero-order chi connectivity index (χ0) is 15.4. The first-order chi connectivity index (χ1) is 10.8. The van der Waals surface area contributed by atoms with Gasteiger partial charge in [-0.05, 0) is 24.1 Å². The highest BCUT2D eigenvalue weighted by Gasteiger charge is 2.33. The lowest BCUT2D eigenvalue weighted by Gasteiger charge is -2.20. The Morgan fingerprint density at radius 2 is 2.23 bits per heavy atom. The first-order valence-corrected chi connectivity index (χ1v) is 7.44. The number of ether oxygens (including phenoxy) is 1. The number of hydrogen-bond acceptors (Lipinski definition) is 3. The number of H-pyrrole nitrogens is 1. The second-order valence-corrected chi connectivity index (χ2v) is 5.49. The fourth-order valence-electron chi connectivity index (χ4n) is 2.88. The maximum Gasteiger partial charge on any atom is 0.123 e. The normalized spacial score (nSPS) is 22.6. The number of nitrogens with zero attached hydrogens (tertiary/aromatic N) is 2. The first-order valence-electron chi connectivity index (χ1n) is 7.44. The summed E-state index contributed by atoms with van der Waals surface area (Å²) in [6.07, 6.45) is 8.91. The molecule has 1 saturated heterocycles. The van der Waals surface area contributed by atoms with Crippen molar-refractivity contribution < 1.29 is 9.13 Å². The molecule has 2 heterocycles. The largest absolute Gasteiger partial charge is 0.380 e. The van der Waals surface area contributed by atoms with Crippen LogP contribution < -0.4 is 0 Å². The van der Waals surface area contributed by atoms with Gasteiger partial charge in [0.1, 0.15) is 11.6 Å². The van der Waals surface area contributed by atoms with Crippen molar-refractivity contribution in [3.05, 3.63) is 59.9 Å². The van der Waals surface area contributed by atoms with Gasteiger partial charge in [0.15, 0.2) is 0 Å². The van der Waals surface area contributed by atoms with Crippen molar-refractivity contribution in [2.24, 2.45) is 0 Å². The van der Waals surface area contributed by atoms with Crippen LogP contribution in [0.2, 0.25) is 0 Å². The number of halogens is 1. The third-order valence-electron chi connectivity index (χ3n) is 4.05. The predicted octanol–water partition coefficient (Wildman–Crippen LogP) is 3.02. The summed E-state index contributed by atoms with van der Waals surface area (Å²) in [6, 6.07) is 6.75. The third kappa shape index (κ3) is 3.43. The van der Waals surface area contributed by atoms with E-state index in [-0.39, 0.29) is 18.0 Å². The number of aromatic nitrogens is 2. The minimum absolute atomic E-state index is 0.211. The van der Waals surface area contributed by atoms with E-state index in [0.29, 0.717) is 0 Å². The maximum absolute atomic E-state index is 12.9. The molecule has 2 aromatic rings. The van der Waals surface area contributed by atoms with Gasteiger partial charge in [-0.2, -0.15) is 0 Å². The number of rotatable bonds is 5. The molecule has 0 saturated carbocycles. The lowest BCUT2D eigenvalue weighted by atomic mass is 10.2. The van der Waals surface area contributed by atoms with Crippen molar-refractivity contribution in [1.82, 2.24) is 14.9 Å². The molecule has 1 N–H and O–H groups in total. The lowest BCUT2D eigenvalue weighted by Crippen LogP contribution is -2.25. The Morgan fingerprint density at radius 1 is 1.41 bits per heavy atom. The Balaban J connectivity index is 1.65. The Bertz CT molecular complexity index is 609. The molecular formula is C17H20FN3O. The Morgan fingerprint density at radius 3 is 2.91 bits per heavy atom. The van der Waals surface area contributed by atoms with Crippen LogP contribution in [0.3, 0.4) is 0 Å². The number of aromatic amines is 1. The lowest BCUT2D eigenvalue weighted by molar-refractivity contribution is 0.109. The molecule has 2 atom stereocenters. The Labute approximate surface area is 129 Å². The van der Waals surface area contributed by atoms with E-state index in [1.165, 1.54) is 12.1 Å². The van der Waals surface area contributed by atoms with E-state index in [1.807, 2.05) is 12.3 Å². The van der Waals surface area contributed by atoms with Crippen LogP contribution >= 0.6 is 0 Å². The Kier molecular flexibility index (Phi) is 4.65. The molecule has 1 aromatic carbocycles. The van der Waals surface area contributed by atoms with Crippen LogP contribution in [0.15, 0.2) is 42.7 Å².